The number of pyridine rings is 1. The van der Waals surface area contributed by atoms with E-state index in [2.05, 4.69) is 51.0 Å². The average molecular weight is 312 g/mol. The summed E-state index contributed by atoms with van der Waals surface area (Å²) in [6, 6.07) is 2.69. The third-order valence-corrected chi connectivity index (χ3v) is 4.36. The minimum atomic E-state index is 0.575. The van der Waals surface area contributed by atoms with Crippen molar-refractivity contribution in [2.45, 2.75) is 39.2 Å². The van der Waals surface area contributed by atoms with Gasteiger partial charge >= 0.3 is 0 Å². The molecule has 0 amide bonds. The second-order valence-corrected chi connectivity index (χ2v) is 5.93. The van der Waals surface area contributed by atoms with Crippen LogP contribution in [0.5, 0.6) is 0 Å². The molecule has 100 valence electrons. The molecule has 1 N–H and O–H groups in total. The number of likely N-dealkylation sites (tertiary alicyclic amines) is 1. The number of nitrogens with zero attached hydrogens (tertiary/aromatic N) is 2. The Hall–Kier alpha value is -0.610. The van der Waals surface area contributed by atoms with Crippen molar-refractivity contribution in [3.63, 3.8) is 0 Å². The van der Waals surface area contributed by atoms with Crippen LogP contribution in [-0.4, -0.2) is 35.6 Å². The number of aryl methyl sites for hydroxylation is 1. The molecule has 1 aromatic heterocycles. The first kappa shape index (κ1) is 13.8. The molecule has 0 saturated carbocycles. The molecule has 0 unspecified atom stereocenters. The first-order valence-electron chi connectivity index (χ1n) is 6.80. The van der Waals surface area contributed by atoms with E-state index in [1.807, 2.05) is 6.20 Å². The summed E-state index contributed by atoms with van der Waals surface area (Å²) in [7, 11) is 0. The van der Waals surface area contributed by atoms with Gasteiger partial charge in [-0.1, -0.05) is 6.92 Å². The van der Waals surface area contributed by atoms with Crippen molar-refractivity contribution in [3.05, 3.63) is 22.3 Å². The number of nitrogens with one attached hydrogen (secondary N) is 1. The van der Waals surface area contributed by atoms with Gasteiger partial charge in [-0.25, -0.2) is 4.98 Å². The fourth-order valence-corrected chi connectivity index (χ4v) is 2.66. The normalized spacial score (nSPS) is 17.9. The van der Waals surface area contributed by atoms with Crippen molar-refractivity contribution in [3.8, 4) is 0 Å². The van der Waals surface area contributed by atoms with Gasteiger partial charge in [0.15, 0.2) is 0 Å². The quantitative estimate of drug-likeness (QED) is 0.923. The molecule has 2 rings (SSSR count). The van der Waals surface area contributed by atoms with Crippen molar-refractivity contribution in [2.24, 2.45) is 0 Å². The standard InChI is InChI=1S/C14H22BrN3/c1-3-6-18-7-4-12(5-8-18)17-14-9-11(2)13(15)10-16-14/h9-10,12H,3-8H2,1-2H3,(H,16,17). The Morgan fingerprint density at radius 3 is 2.78 bits per heavy atom. The molecule has 0 spiro atoms. The van der Waals surface area contributed by atoms with Crippen molar-refractivity contribution >= 4 is 21.7 Å². The SMILES string of the molecule is CCCN1CCC(Nc2cc(C)c(Br)cn2)CC1. The fraction of sp³-hybridized carbons (Fsp3) is 0.643. The zero-order valence-electron chi connectivity index (χ0n) is 11.2. The Labute approximate surface area is 118 Å². The largest absolute Gasteiger partial charge is 0.367 e. The first-order valence-corrected chi connectivity index (χ1v) is 7.59. The Morgan fingerprint density at radius 1 is 1.44 bits per heavy atom. The molecule has 1 aliphatic rings. The van der Waals surface area contributed by atoms with Crippen LogP contribution in [0.2, 0.25) is 0 Å². The number of halogens is 1. The van der Waals surface area contributed by atoms with E-state index in [1.165, 1.54) is 44.5 Å². The maximum Gasteiger partial charge on any atom is 0.126 e. The van der Waals surface area contributed by atoms with Crippen LogP contribution in [0.3, 0.4) is 0 Å². The van der Waals surface area contributed by atoms with Crippen LogP contribution in [0.15, 0.2) is 16.7 Å². The van der Waals surface area contributed by atoms with Gasteiger partial charge < -0.3 is 10.2 Å². The van der Waals surface area contributed by atoms with E-state index in [9.17, 15) is 0 Å². The van der Waals surface area contributed by atoms with E-state index in [4.69, 9.17) is 0 Å². The second kappa shape index (κ2) is 6.53. The predicted molar refractivity (Wildman–Crippen MR) is 80.0 cm³/mol. The number of hydrogen-bond acceptors (Lipinski definition) is 3. The van der Waals surface area contributed by atoms with Gasteiger partial charge in [0.05, 0.1) is 0 Å². The predicted octanol–water partition coefficient (Wildman–Crippen LogP) is 3.44. The summed E-state index contributed by atoms with van der Waals surface area (Å²) in [4.78, 5) is 6.97. The Bertz CT molecular complexity index is 387. The van der Waals surface area contributed by atoms with Crippen molar-refractivity contribution in [2.75, 3.05) is 25.0 Å². The summed E-state index contributed by atoms with van der Waals surface area (Å²) >= 11 is 3.48. The number of anilines is 1. The molecule has 0 aromatic carbocycles. The van der Waals surface area contributed by atoms with E-state index in [0.717, 1.165) is 10.3 Å². The van der Waals surface area contributed by atoms with Crippen molar-refractivity contribution in [1.82, 2.24) is 9.88 Å². The summed E-state index contributed by atoms with van der Waals surface area (Å²) in [6.45, 7) is 8.00. The zero-order chi connectivity index (χ0) is 13.0. The lowest BCUT2D eigenvalue weighted by Gasteiger charge is -2.32. The van der Waals surface area contributed by atoms with Gasteiger partial charge in [-0.2, -0.15) is 0 Å². The summed E-state index contributed by atoms with van der Waals surface area (Å²) < 4.78 is 1.07. The molecule has 1 fully saturated rings. The Kier molecular flexibility index (Phi) is 5.01. The summed E-state index contributed by atoms with van der Waals surface area (Å²) in [6.07, 6.45) is 5.57. The topological polar surface area (TPSA) is 28.2 Å². The van der Waals surface area contributed by atoms with E-state index in [-0.39, 0.29) is 0 Å². The summed E-state index contributed by atoms with van der Waals surface area (Å²) in [5.74, 6) is 1.00. The Balaban J connectivity index is 1.85. The monoisotopic (exact) mass is 311 g/mol. The molecule has 1 aromatic rings. The number of aromatic nitrogens is 1. The van der Waals surface area contributed by atoms with Gasteiger partial charge in [0.2, 0.25) is 0 Å². The van der Waals surface area contributed by atoms with Crippen LogP contribution in [0.25, 0.3) is 0 Å². The van der Waals surface area contributed by atoms with Gasteiger partial charge in [0.25, 0.3) is 0 Å². The number of rotatable bonds is 4. The molecule has 0 radical (unpaired) electrons. The molecular weight excluding hydrogens is 290 g/mol. The molecule has 18 heavy (non-hydrogen) atoms. The highest BCUT2D eigenvalue weighted by atomic mass is 79.9. The fourth-order valence-electron chi connectivity index (χ4n) is 2.44. The number of hydrogen-bond donors (Lipinski definition) is 1. The van der Waals surface area contributed by atoms with Gasteiger partial charge in [0, 0.05) is 29.8 Å². The number of piperidine rings is 1. The Morgan fingerprint density at radius 2 is 2.17 bits per heavy atom. The van der Waals surface area contributed by atoms with Crippen molar-refractivity contribution in [1.29, 1.82) is 0 Å². The average Bonchev–Trinajstić information content (AvgIpc) is 2.37. The van der Waals surface area contributed by atoms with E-state index < -0.39 is 0 Å². The van der Waals surface area contributed by atoms with Gasteiger partial charge in [-0.15, -0.1) is 0 Å². The third kappa shape index (κ3) is 3.69. The molecule has 3 nitrogen and oxygen atoms in total. The summed E-state index contributed by atoms with van der Waals surface area (Å²) in [5.41, 5.74) is 1.23. The van der Waals surface area contributed by atoms with Crippen molar-refractivity contribution < 1.29 is 0 Å². The van der Waals surface area contributed by atoms with Crippen LogP contribution in [0, 0.1) is 6.92 Å². The van der Waals surface area contributed by atoms with Gasteiger partial charge in [-0.05, 0) is 60.3 Å². The molecular formula is C14H22BrN3. The molecule has 4 heteroatoms. The van der Waals surface area contributed by atoms with Crippen LogP contribution in [0.1, 0.15) is 31.7 Å². The van der Waals surface area contributed by atoms with Crippen LogP contribution in [-0.2, 0) is 0 Å². The molecule has 0 aliphatic carbocycles. The smallest absolute Gasteiger partial charge is 0.126 e. The maximum absolute atomic E-state index is 4.42. The highest BCUT2D eigenvalue weighted by molar-refractivity contribution is 9.10. The second-order valence-electron chi connectivity index (χ2n) is 5.08. The lowest BCUT2D eigenvalue weighted by molar-refractivity contribution is 0.219. The molecule has 1 saturated heterocycles. The van der Waals surface area contributed by atoms with Crippen LogP contribution >= 0.6 is 15.9 Å². The maximum atomic E-state index is 4.42. The minimum Gasteiger partial charge on any atom is -0.367 e. The molecule has 1 aliphatic heterocycles. The highest BCUT2D eigenvalue weighted by Gasteiger charge is 2.18. The van der Waals surface area contributed by atoms with E-state index >= 15 is 0 Å². The third-order valence-electron chi connectivity index (χ3n) is 3.53. The lowest BCUT2D eigenvalue weighted by atomic mass is 10.0. The molecule has 0 atom stereocenters. The lowest BCUT2D eigenvalue weighted by Crippen LogP contribution is -2.39. The van der Waals surface area contributed by atoms with Gasteiger partial charge in [0.1, 0.15) is 5.82 Å². The zero-order valence-corrected chi connectivity index (χ0v) is 12.8. The highest BCUT2D eigenvalue weighted by Crippen LogP contribution is 2.20. The minimum absolute atomic E-state index is 0.575. The van der Waals surface area contributed by atoms with Crippen LogP contribution in [0.4, 0.5) is 5.82 Å². The molecule has 0 bridgehead atoms. The van der Waals surface area contributed by atoms with E-state index in [0.29, 0.717) is 6.04 Å². The molecule has 2 heterocycles. The van der Waals surface area contributed by atoms with Gasteiger partial charge in [-0.3, -0.25) is 0 Å². The first-order chi connectivity index (χ1) is 8.69. The van der Waals surface area contributed by atoms with Crippen LogP contribution < -0.4 is 5.32 Å². The van der Waals surface area contributed by atoms with E-state index in [1.54, 1.807) is 0 Å². The summed E-state index contributed by atoms with van der Waals surface area (Å²) in [5, 5.41) is 3.55.